The standard InChI is InChI=1S/C22H34N6O4.C16H22ClN5O3/c1-15-13-18(9-12-32-15)25-22-23-14-19(28(30)31)20(26-22)24-17-7-5-16(6-8-17)21(29)27-10-3-2-4-11-27;17-16-18-10-13(22(24)25)14(20-16)19-12-6-4-11(5-7-12)15(23)21-8-2-1-3-9-21/h14-18H,2-13H2,1H3,(H2,23,24,25,26);10-12H,1-9H2,(H,18,19,20)/t15-,16?,17?,18-;/m0./s1. The Labute approximate surface area is 338 Å². The molecule has 5 aliphatic rings. The van der Waals surface area contributed by atoms with Gasteiger partial charge in [-0.1, -0.05) is 0 Å². The van der Waals surface area contributed by atoms with Gasteiger partial charge in [-0.2, -0.15) is 9.97 Å². The van der Waals surface area contributed by atoms with Gasteiger partial charge in [0.2, 0.25) is 34.7 Å². The minimum absolute atomic E-state index is 0.0259. The monoisotopic (exact) mass is 813 g/mol. The van der Waals surface area contributed by atoms with Gasteiger partial charge in [0.25, 0.3) is 0 Å². The molecular formula is C38H56ClN11O7. The summed E-state index contributed by atoms with van der Waals surface area (Å²) in [7, 11) is 0. The van der Waals surface area contributed by atoms with Crippen molar-refractivity contribution in [1.82, 2.24) is 29.7 Å². The molecule has 0 spiro atoms. The van der Waals surface area contributed by atoms with Crippen LogP contribution in [0.2, 0.25) is 5.28 Å². The molecule has 5 fully saturated rings. The van der Waals surface area contributed by atoms with Crippen molar-refractivity contribution in [2.45, 2.75) is 134 Å². The summed E-state index contributed by atoms with van der Waals surface area (Å²) < 4.78 is 5.58. The van der Waals surface area contributed by atoms with Crippen molar-refractivity contribution in [3.8, 4) is 0 Å². The average molecular weight is 814 g/mol. The van der Waals surface area contributed by atoms with Crippen molar-refractivity contribution in [3.63, 3.8) is 0 Å². The number of ether oxygens (including phenoxy) is 1. The molecule has 2 aromatic rings. The van der Waals surface area contributed by atoms with Crippen LogP contribution in [0.15, 0.2) is 12.4 Å². The van der Waals surface area contributed by atoms with Crippen LogP contribution in [0.5, 0.6) is 0 Å². The lowest BCUT2D eigenvalue weighted by Gasteiger charge is -2.34. The van der Waals surface area contributed by atoms with E-state index in [1.807, 2.05) is 16.7 Å². The number of nitrogens with zero attached hydrogens (tertiary/aromatic N) is 8. The van der Waals surface area contributed by atoms with E-state index < -0.39 is 9.85 Å². The Kier molecular flexibility index (Phi) is 15.0. The zero-order valence-electron chi connectivity index (χ0n) is 32.8. The molecule has 19 heteroatoms. The summed E-state index contributed by atoms with van der Waals surface area (Å²) in [5, 5.41) is 32.3. The molecule has 2 atom stereocenters. The largest absolute Gasteiger partial charge is 0.378 e. The van der Waals surface area contributed by atoms with Crippen molar-refractivity contribution < 1.29 is 24.2 Å². The summed E-state index contributed by atoms with van der Waals surface area (Å²) in [5.74, 6) is 1.49. The van der Waals surface area contributed by atoms with Gasteiger partial charge in [-0.25, -0.2) is 9.97 Å². The number of rotatable bonds is 10. The first-order chi connectivity index (χ1) is 27.5. The molecule has 2 amide bonds. The third-order valence-corrected chi connectivity index (χ3v) is 12.1. The number of halogens is 1. The second-order valence-electron chi connectivity index (χ2n) is 16.0. The van der Waals surface area contributed by atoms with Gasteiger partial charge in [0.05, 0.1) is 16.0 Å². The molecule has 0 unspecified atom stereocenters. The molecule has 18 nitrogen and oxygen atoms in total. The molecule has 3 N–H and O–H groups in total. The number of aromatic nitrogens is 4. The number of hydrogen-bond acceptors (Lipinski definition) is 14. The molecule has 0 radical (unpaired) electrons. The van der Waals surface area contributed by atoms with Crippen LogP contribution >= 0.6 is 11.6 Å². The molecule has 7 rings (SSSR count). The second-order valence-corrected chi connectivity index (χ2v) is 16.4. The average Bonchev–Trinajstić information content (AvgIpc) is 3.22. The first kappa shape index (κ1) is 42.2. The number of carbonyl (C=O) groups excluding carboxylic acids is 2. The Morgan fingerprint density at radius 2 is 1.16 bits per heavy atom. The lowest BCUT2D eigenvalue weighted by Crippen LogP contribution is -2.41. The summed E-state index contributed by atoms with van der Waals surface area (Å²) in [6.45, 7) is 6.23. The first-order valence-corrected chi connectivity index (χ1v) is 21.1. The maximum atomic E-state index is 12.8. The number of anilines is 3. The second kappa shape index (κ2) is 20.3. The number of nitro groups is 2. The van der Waals surface area contributed by atoms with E-state index in [1.165, 1.54) is 19.0 Å². The van der Waals surface area contributed by atoms with Crippen molar-refractivity contribution >= 4 is 52.4 Å². The van der Waals surface area contributed by atoms with Gasteiger partial charge in [-0.05, 0) is 121 Å². The lowest BCUT2D eigenvalue weighted by atomic mass is 9.84. The fourth-order valence-electron chi connectivity index (χ4n) is 8.69. The number of hydrogen-bond donors (Lipinski definition) is 3. The van der Waals surface area contributed by atoms with Crippen molar-refractivity contribution in [2.75, 3.05) is 48.7 Å². The molecule has 2 aromatic heterocycles. The van der Waals surface area contributed by atoms with Gasteiger partial charge in [0.1, 0.15) is 12.4 Å². The van der Waals surface area contributed by atoms with Crippen LogP contribution in [0.25, 0.3) is 0 Å². The minimum atomic E-state index is -0.524. The Hall–Kier alpha value is -4.45. The highest BCUT2D eigenvalue weighted by Crippen LogP contribution is 2.33. The van der Waals surface area contributed by atoms with E-state index in [4.69, 9.17) is 16.3 Å². The summed E-state index contributed by atoms with van der Waals surface area (Å²) in [4.78, 5) is 67.2. The summed E-state index contributed by atoms with van der Waals surface area (Å²) >= 11 is 5.75. The zero-order chi connectivity index (χ0) is 40.3. The number of carbonyl (C=O) groups is 2. The predicted molar refractivity (Wildman–Crippen MR) is 214 cm³/mol. The van der Waals surface area contributed by atoms with E-state index in [9.17, 15) is 29.8 Å². The van der Waals surface area contributed by atoms with Crippen molar-refractivity contribution in [1.29, 1.82) is 0 Å². The number of nitrogens with one attached hydrogen (secondary N) is 3. The van der Waals surface area contributed by atoms with Crippen molar-refractivity contribution in [2.24, 2.45) is 11.8 Å². The topological polar surface area (TPSA) is 224 Å². The fourth-order valence-corrected chi connectivity index (χ4v) is 8.82. The third kappa shape index (κ3) is 11.8. The minimum Gasteiger partial charge on any atom is -0.378 e. The first-order valence-electron chi connectivity index (χ1n) is 20.7. The molecule has 5 heterocycles. The molecule has 312 valence electrons. The van der Waals surface area contributed by atoms with E-state index in [-0.39, 0.29) is 76.2 Å². The van der Waals surface area contributed by atoms with Crippen molar-refractivity contribution in [3.05, 3.63) is 37.9 Å². The van der Waals surface area contributed by atoms with Crippen LogP contribution < -0.4 is 16.0 Å². The van der Waals surface area contributed by atoms with Gasteiger partial charge in [0, 0.05) is 62.7 Å². The molecule has 57 heavy (non-hydrogen) atoms. The Balaban J connectivity index is 0.000000199. The van der Waals surface area contributed by atoms with Crippen LogP contribution in [0.4, 0.5) is 29.0 Å². The van der Waals surface area contributed by atoms with Crippen LogP contribution in [0.1, 0.15) is 110 Å². The maximum absolute atomic E-state index is 12.8. The molecule has 2 aliphatic carbocycles. The van der Waals surface area contributed by atoms with Crippen LogP contribution in [-0.2, 0) is 14.3 Å². The van der Waals surface area contributed by atoms with E-state index in [0.717, 1.165) is 122 Å². The zero-order valence-corrected chi connectivity index (χ0v) is 33.5. The van der Waals surface area contributed by atoms with E-state index in [1.54, 1.807) is 0 Å². The summed E-state index contributed by atoms with van der Waals surface area (Å²) in [6.07, 6.45) is 17.4. The Bertz CT molecular complexity index is 1700. The smallest absolute Gasteiger partial charge is 0.329 e. The molecule has 2 saturated carbocycles. The van der Waals surface area contributed by atoms with Crippen LogP contribution in [0, 0.1) is 32.1 Å². The predicted octanol–water partition coefficient (Wildman–Crippen LogP) is 6.37. The normalized spacial score (nSPS) is 26.6. The Morgan fingerprint density at radius 1 is 0.684 bits per heavy atom. The summed E-state index contributed by atoms with van der Waals surface area (Å²) in [6, 6.07) is 0.296. The lowest BCUT2D eigenvalue weighted by molar-refractivity contribution is -0.384. The highest BCUT2D eigenvalue weighted by atomic mass is 35.5. The molecule has 0 aromatic carbocycles. The highest BCUT2D eigenvalue weighted by Gasteiger charge is 2.33. The number of amides is 2. The number of piperidine rings is 2. The Morgan fingerprint density at radius 3 is 1.63 bits per heavy atom. The highest BCUT2D eigenvalue weighted by molar-refractivity contribution is 6.28. The van der Waals surface area contributed by atoms with Crippen LogP contribution in [0.3, 0.4) is 0 Å². The van der Waals surface area contributed by atoms with E-state index in [0.29, 0.717) is 12.6 Å². The van der Waals surface area contributed by atoms with E-state index >= 15 is 0 Å². The molecule has 3 saturated heterocycles. The van der Waals surface area contributed by atoms with Gasteiger partial charge in [0.15, 0.2) is 0 Å². The maximum Gasteiger partial charge on any atom is 0.329 e. The third-order valence-electron chi connectivity index (χ3n) is 11.9. The fraction of sp³-hybridized carbons (Fsp3) is 0.737. The summed E-state index contributed by atoms with van der Waals surface area (Å²) in [5.41, 5.74) is -0.307. The quantitative estimate of drug-likeness (QED) is 0.135. The molecule has 3 aliphatic heterocycles. The SMILES string of the molecule is C[C@H]1C[C@@H](Nc2ncc([N+](=O)[O-])c(NC3CCC(C(=O)N4CCCCC4)CC3)n2)CCO1.O=C(C1CCC(Nc2nc(Cl)ncc2[N+](=O)[O-])CC1)N1CCCCC1. The molecule has 0 bridgehead atoms. The van der Waals surface area contributed by atoms with Gasteiger partial charge >= 0.3 is 11.4 Å². The van der Waals surface area contributed by atoms with Gasteiger partial charge in [-0.15, -0.1) is 0 Å². The van der Waals surface area contributed by atoms with Crippen LogP contribution in [-0.4, -0.2) is 108 Å². The van der Waals surface area contributed by atoms with Gasteiger partial charge < -0.3 is 30.5 Å². The van der Waals surface area contributed by atoms with E-state index in [2.05, 4.69) is 35.9 Å². The molecular weight excluding hydrogens is 758 g/mol. The number of likely N-dealkylation sites (tertiary alicyclic amines) is 2. The van der Waals surface area contributed by atoms with Gasteiger partial charge in [-0.3, -0.25) is 29.8 Å².